The molecule has 1 atom stereocenters. The number of nitrogens with two attached hydrogens (primary N) is 1. The summed E-state index contributed by atoms with van der Waals surface area (Å²) in [5.74, 6) is 0.749. The highest BCUT2D eigenvalue weighted by molar-refractivity contribution is 9.10. The van der Waals surface area contributed by atoms with Gasteiger partial charge in [0, 0.05) is 22.7 Å². The highest BCUT2D eigenvalue weighted by Crippen LogP contribution is 2.29. The van der Waals surface area contributed by atoms with Gasteiger partial charge in [0.05, 0.1) is 0 Å². The quantitative estimate of drug-likeness (QED) is 0.889. The van der Waals surface area contributed by atoms with E-state index in [-0.39, 0.29) is 0 Å². The Balaban J connectivity index is 2.06. The van der Waals surface area contributed by atoms with Crippen molar-refractivity contribution < 1.29 is 0 Å². The van der Waals surface area contributed by atoms with Crippen LogP contribution in [0.3, 0.4) is 0 Å². The molecule has 1 aliphatic carbocycles. The Labute approximate surface area is 112 Å². The fourth-order valence-corrected chi connectivity index (χ4v) is 3.37. The molecule has 1 aliphatic rings. The average molecular weight is 297 g/mol. The van der Waals surface area contributed by atoms with Gasteiger partial charge in [0.15, 0.2) is 0 Å². The smallest absolute Gasteiger partial charge is 0.0411 e. The van der Waals surface area contributed by atoms with E-state index < -0.39 is 0 Å². The minimum absolute atomic E-state index is 0.422. The molecule has 0 saturated heterocycles. The Hall–Kier alpha value is -0.540. The first-order valence-corrected chi connectivity index (χ1v) is 7.22. The van der Waals surface area contributed by atoms with E-state index in [0.29, 0.717) is 6.04 Å². The highest BCUT2D eigenvalue weighted by Gasteiger charge is 2.23. The second-order valence-corrected chi connectivity index (χ2v) is 5.96. The normalized spacial score (nSPS) is 18.3. The van der Waals surface area contributed by atoms with E-state index in [0.717, 1.165) is 16.9 Å². The zero-order valence-corrected chi connectivity index (χ0v) is 12.0. The second kappa shape index (κ2) is 5.87. The third kappa shape index (κ3) is 3.46. The fraction of sp³-hybridized carbons (Fsp3) is 0.571. The van der Waals surface area contributed by atoms with Crippen LogP contribution >= 0.6 is 15.9 Å². The summed E-state index contributed by atoms with van der Waals surface area (Å²) in [5.41, 5.74) is 8.35. The van der Waals surface area contributed by atoms with Crippen LogP contribution in [-0.2, 0) is 0 Å². The molecule has 17 heavy (non-hydrogen) atoms. The summed E-state index contributed by atoms with van der Waals surface area (Å²) >= 11 is 3.54. The lowest BCUT2D eigenvalue weighted by molar-refractivity contribution is 0.462. The number of halogens is 1. The first-order valence-electron chi connectivity index (χ1n) is 6.43. The van der Waals surface area contributed by atoms with Crippen LogP contribution in [0.5, 0.6) is 0 Å². The molecule has 0 aliphatic heterocycles. The van der Waals surface area contributed by atoms with Crippen molar-refractivity contribution in [1.29, 1.82) is 0 Å². The lowest BCUT2D eigenvalue weighted by Gasteiger charge is -2.24. The first-order chi connectivity index (χ1) is 8.19. The van der Waals surface area contributed by atoms with Gasteiger partial charge in [-0.2, -0.15) is 0 Å². The molecule has 0 spiro atoms. The number of rotatable bonds is 4. The molecular weight excluding hydrogens is 276 g/mol. The standard InChI is InChI=1S/C14H21BrN2/c1-10-6-12(15)8-13(7-10)17-14(9-16)11-4-2-3-5-11/h6-8,11,14,17H,2-5,9,16H2,1H3. The number of nitrogens with one attached hydrogen (secondary N) is 1. The molecule has 0 heterocycles. The predicted molar refractivity (Wildman–Crippen MR) is 77.3 cm³/mol. The van der Waals surface area contributed by atoms with Crippen LogP contribution in [0.4, 0.5) is 5.69 Å². The lowest BCUT2D eigenvalue weighted by atomic mass is 9.98. The molecule has 0 aromatic heterocycles. The van der Waals surface area contributed by atoms with Gasteiger partial charge in [0.1, 0.15) is 0 Å². The summed E-state index contributed by atoms with van der Waals surface area (Å²) in [6, 6.07) is 6.86. The SMILES string of the molecule is Cc1cc(Br)cc(NC(CN)C2CCCC2)c1. The molecule has 1 aromatic carbocycles. The third-order valence-electron chi connectivity index (χ3n) is 3.62. The zero-order valence-electron chi connectivity index (χ0n) is 10.4. The van der Waals surface area contributed by atoms with Crippen molar-refractivity contribution in [3.8, 4) is 0 Å². The fourth-order valence-electron chi connectivity index (χ4n) is 2.76. The first kappa shape index (κ1) is 12.9. The van der Waals surface area contributed by atoms with Crippen LogP contribution in [0.15, 0.2) is 22.7 Å². The molecule has 3 N–H and O–H groups in total. The van der Waals surface area contributed by atoms with Crippen LogP contribution in [-0.4, -0.2) is 12.6 Å². The van der Waals surface area contributed by atoms with E-state index in [4.69, 9.17) is 5.73 Å². The Kier molecular flexibility index (Phi) is 4.46. The van der Waals surface area contributed by atoms with Gasteiger partial charge in [-0.1, -0.05) is 28.8 Å². The van der Waals surface area contributed by atoms with Crippen LogP contribution in [0.25, 0.3) is 0 Å². The van der Waals surface area contributed by atoms with E-state index in [1.807, 2.05) is 0 Å². The van der Waals surface area contributed by atoms with Gasteiger partial charge in [-0.15, -0.1) is 0 Å². The molecule has 1 fully saturated rings. The predicted octanol–water partition coefficient (Wildman–Crippen LogP) is 3.69. The summed E-state index contributed by atoms with van der Waals surface area (Å²) in [6.45, 7) is 2.83. The van der Waals surface area contributed by atoms with Crippen molar-refractivity contribution in [1.82, 2.24) is 0 Å². The van der Waals surface area contributed by atoms with Crippen molar-refractivity contribution >= 4 is 21.6 Å². The van der Waals surface area contributed by atoms with Gasteiger partial charge in [0.25, 0.3) is 0 Å². The Morgan fingerprint density at radius 1 is 1.35 bits per heavy atom. The minimum Gasteiger partial charge on any atom is -0.381 e. The van der Waals surface area contributed by atoms with Gasteiger partial charge in [-0.05, 0) is 49.4 Å². The molecule has 2 nitrogen and oxygen atoms in total. The molecule has 0 amide bonds. The minimum atomic E-state index is 0.422. The van der Waals surface area contributed by atoms with E-state index in [2.05, 4.69) is 46.4 Å². The topological polar surface area (TPSA) is 38.0 Å². The van der Waals surface area contributed by atoms with Crippen LogP contribution in [0.2, 0.25) is 0 Å². The summed E-state index contributed by atoms with van der Waals surface area (Å²) in [7, 11) is 0. The lowest BCUT2D eigenvalue weighted by Crippen LogP contribution is -2.35. The summed E-state index contributed by atoms with van der Waals surface area (Å²) in [5, 5.41) is 3.60. The van der Waals surface area contributed by atoms with Crippen LogP contribution in [0, 0.1) is 12.8 Å². The van der Waals surface area contributed by atoms with E-state index >= 15 is 0 Å². The number of hydrogen-bond acceptors (Lipinski definition) is 2. The highest BCUT2D eigenvalue weighted by atomic mass is 79.9. The van der Waals surface area contributed by atoms with Gasteiger partial charge in [-0.25, -0.2) is 0 Å². The van der Waals surface area contributed by atoms with Gasteiger partial charge in [0.2, 0.25) is 0 Å². The zero-order chi connectivity index (χ0) is 12.3. The van der Waals surface area contributed by atoms with E-state index in [9.17, 15) is 0 Å². The molecule has 2 rings (SSSR count). The number of hydrogen-bond donors (Lipinski definition) is 2. The molecule has 1 unspecified atom stereocenters. The van der Waals surface area contributed by atoms with Crippen molar-refractivity contribution in [2.45, 2.75) is 38.6 Å². The maximum Gasteiger partial charge on any atom is 0.0411 e. The summed E-state index contributed by atoms with van der Waals surface area (Å²) < 4.78 is 1.13. The summed E-state index contributed by atoms with van der Waals surface area (Å²) in [6.07, 6.45) is 5.37. The van der Waals surface area contributed by atoms with Crippen LogP contribution in [0.1, 0.15) is 31.2 Å². The van der Waals surface area contributed by atoms with Crippen LogP contribution < -0.4 is 11.1 Å². The number of benzene rings is 1. The number of aryl methyl sites for hydroxylation is 1. The van der Waals surface area contributed by atoms with Gasteiger partial charge < -0.3 is 11.1 Å². The van der Waals surface area contributed by atoms with Crippen molar-refractivity contribution in [3.63, 3.8) is 0 Å². The van der Waals surface area contributed by atoms with E-state index in [1.54, 1.807) is 0 Å². The van der Waals surface area contributed by atoms with E-state index in [1.165, 1.54) is 36.9 Å². The maximum atomic E-state index is 5.90. The van der Waals surface area contributed by atoms with Gasteiger partial charge in [-0.3, -0.25) is 0 Å². The van der Waals surface area contributed by atoms with Crippen molar-refractivity contribution in [2.24, 2.45) is 11.7 Å². The molecule has 1 saturated carbocycles. The largest absolute Gasteiger partial charge is 0.381 e. The molecule has 0 radical (unpaired) electrons. The monoisotopic (exact) mass is 296 g/mol. The molecule has 1 aromatic rings. The molecule has 94 valence electrons. The Morgan fingerprint density at radius 3 is 2.65 bits per heavy atom. The van der Waals surface area contributed by atoms with Crippen molar-refractivity contribution in [2.75, 3.05) is 11.9 Å². The summed E-state index contributed by atoms with van der Waals surface area (Å²) in [4.78, 5) is 0. The molecular formula is C14H21BrN2. The molecule has 3 heteroatoms. The second-order valence-electron chi connectivity index (χ2n) is 5.05. The number of anilines is 1. The Bertz CT molecular complexity index is 352. The average Bonchev–Trinajstić information content (AvgIpc) is 2.77. The van der Waals surface area contributed by atoms with Gasteiger partial charge >= 0.3 is 0 Å². The van der Waals surface area contributed by atoms with Crippen molar-refractivity contribution in [3.05, 3.63) is 28.2 Å². The Morgan fingerprint density at radius 2 is 2.06 bits per heavy atom. The third-order valence-corrected chi connectivity index (χ3v) is 4.07. The maximum absolute atomic E-state index is 5.90. The molecule has 0 bridgehead atoms.